The fourth-order valence-electron chi connectivity index (χ4n) is 2.41. The van der Waals surface area contributed by atoms with Crippen molar-refractivity contribution >= 4 is 11.6 Å². The van der Waals surface area contributed by atoms with Crippen molar-refractivity contribution in [3.05, 3.63) is 33.9 Å². The van der Waals surface area contributed by atoms with Gasteiger partial charge >= 0.3 is 0 Å². The van der Waals surface area contributed by atoms with Gasteiger partial charge in [0.2, 0.25) is 0 Å². The van der Waals surface area contributed by atoms with E-state index in [1.54, 1.807) is 4.90 Å². The molecule has 1 aromatic carbocycles. The van der Waals surface area contributed by atoms with Crippen LogP contribution in [0.4, 0.5) is 5.69 Å². The lowest BCUT2D eigenvalue weighted by atomic mass is 10.1. The van der Waals surface area contributed by atoms with Crippen molar-refractivity contribution in [2.24, 2.45) is 0 Å². The summed E-state index contributed by atoms with van der Waals surface area (Å²) in [5.41, 5.74) is 0.142. The maximum absolute atomic E-state index is 12.6. The second-order valence-corrected chi connectivity index (χ2v) is 4.87. The van der Waals surface area contributed by atoms with Gasteiger partial charge in [-0.2, -0.15) is 0 Å². The van der Waals surface area contributed by atoms with Crippen molar-refractivity contribution in [3.8, 4) is 5.75 Å². The van der Waals surface area contributed by atoms with Crippen LogP contribution in [-0.2, 0) is 0 Å². The van der Waals surface area contributed by atoms with Crippen LogP contribution in [0.2, 0.25) is 0 Å². The third-order valence-corrected chi connectivity index (χ3v) is 3.73. The summed E-state index contributed by atoms with van der Waals surface area (Å²) in [7, 11) is 1.45. The molecule has 1 heterocycles. The van der Waals surface area contributed by atoms with E-state index in [0.717, 1.165) is 19.6 Å². The summed E-state index contributed by atoms with van der Waals surface area (Å²) in [6, 6.07) is 4.09. The van der Waals surface area contributed by atoms with Crippen molar-refractivity contribution < 1.29 is 14.5 Å². The number of rotatable bonds is 4. The van der Waals surface area contributed by atoms with Crippen LogP contribution in [0, 0.1) is 10.1 Å². The highest BCUT2D eigenvalue weighted by Crippen LogP contribution is 2.25. The molecule has 0 bridgehead atoms. The van der Waals surface area contributed by atoms with Gasteiger partial charge in [-0.05, 0) is 12.6 Å². The Kier molecular flexibility index (Phi) is 4.74. The molecule has 114 valence electrons. The minimum atomic E-state index is -0.509. The number of ether oxygens (including phenoxy) is 1. The molecular formula is C14H19N3O4. The summed E-state index contributed by atoms with van der Waals surface area (Å²) in [5.74, 6) is 0.148. The van der Waals surface area contributed by atoms with Gasteiger partial charge < -0.3 is 14.5 Å². The first-order chi connectivity index (χ1) is 10.1. The van der Waals surface area contributed by atoms with E-state index in [9.17, 15) is 14.9 Å². The SMILES string of the molecule is CCN1CCN(C(=O)c2cc([N+](=O)[O-])ccc2OC)CC1. The normalized spacial score (nSPS) is 15.8. The van der Waals surface area contributed by atoms with Gasteiger partial charge in [0.25, 0.3) is 11.6 Å². The second-order valence-electron chi connectivity index (χ2n) is 4.87. The molecule has 7 heteroatoms. The minimum Gasteiger partial charge on any atom is -0.496 e. The van der Waals surface area contributed by atoms with E-state index in [2.05, 4.69) is 11.8 Å². The maximum atomic E-state index is 12.6. The Balaban J connectivity index is 2.22. The largest absolute Gasteiger partial charge is 0.496 e. The van der Waals surface area contributed by atoms with Crippen LogP contribution in [-0.4, -0.2) is 60.5 Å². The van der Waals surface area contributed by atoms with E-state index in [0.29, 0.717) is 18.8 Å². The predicted octanol–water partition coefficient (Wildman–Crippen LogP) is 1.38. The lowest BCUT2D eigenvalue weighted by Gasteiger charge is -2.34. The third-order valence-electron chi connectivity index (χ3n) is 3.73. The number of benzene rings is 1. The summed E-state index contributed by atoms with van der Waals surface area (Å²) < 4.78 is 5.15. The Labute approximate surface area is 123 Å². The van der Waals surface area contributed by atoms with Crippen LogP contribution < -0.4 is 4.74 Å². The van der Waals surface area contributed by atoms with E-state index in [4.69, 9.17) is 4.74 Å². The van der Waals surface area contributed by atoms with Crippen LogP contribution in [0.5, 0.6) is 5.75 Å². The number of piperazine rings is 1. The highest BCUT2D eigenvalue weighted by molar-refractivity contribution is 5.97. The fourth-order valence-corrected chi connectivity index (χ4v) is 2.41. The van der Waals surface area contributed by atoms with E-state index in [1.807, 2.05) is 0 Å². The maximum Gasteiger partial charge on any atom is 0.270 e. The molecule has 21 heavy (non-hydrogen) atoms. The number of nitro benzene ring substituents is 1. The molecule has 7 nitrogen and oxygen atoms in total. The van der Waals surface area contributed by atoms with Gasteiger partial charge in [-0.3, -0.25) is 14.9 Å². The summed E-state index contributed by atoms with van der Waals surface area (Å²) in [6.45, 7) is 5.93. The standard InChI is InChI=1S/C14H19N3O4/c1-3-15-6-8-16(9-7-15)14(18)12-10-11(17(19)20)4-5-13(12)21-2/h4-5,10H,3,6-9H2,1-2H3. The van der Waals surface area contributed by atoms with E-state index in [-0.39, 0.29) is 17.2 Å². The van der Waals surface area contributed by atoms with Crippen LogP contribution in [0.3, 0.4) is 0 Å². The number of hydrogen-bond donors (Lipinski definition) is 0. The molecular weight excluding hydrogens is 274 g/mol. The Morgan fingerprint density at radius 3 is 2.52 bits per heavy atom. The van der Waals surface area contributed by atoms with Crippen LogP contribution >= 0.6 is 0 Å². The number of nitro groups is 1. The summed E-state index contributed by atoms with van der Waals surface area (Å²) >= 11 is 0. The lowest BCUT2D eigenvalue weighted by molar-refractivity contribution is -0.384. The topological polar surface area (TPSA) is 75.9 Å². The van der Waals surface area contributed by atoms with E-state index < -0.39 is 4.92 Å². The molecule has 0 radical (unpaired) electrons. The molecule has 0 aromatic heterocycles. The van der Waals surface area contributed by atoms with Crippen molar-refractivity contribution in [1.29, 1.82) is 0 Å². The Morgan fingerprint density at radius 2 is 2.00 bits per heavy atom. The van der Waals surface area contributed by atoms with Crippen LogP contribution in [0.25, 0.3) is 0 Å². The molecule has 1 aromatic rings. The van der Waals surface area contributed by atoms with Gasteiger partial charge in [0.05, 0.1) is 17.6 Å². The van der Waals surface area contributed by atoms with Crippen molar-refractivity contribution in [2.45, 2.75) is 6.92 Å². The average Bonchev–Trinajstić information content (AvgIpc) is 2.53. The minimum absolute atomic E-state index is 0.105. The van der Waals surface area contributed by atoms with Crippen molar-refractivity contribution in [3.63, 3.8) is 0 Å². The second kappa shape index (κ2) is 6.53. The third kappa shape index (κ3) is 3.30. The highest BCUT2D eigenvalue weighted by Gasteiger charge is 2.25. The zero-order valence-electron chi connectivity index (χ0n) is 12.2. The molecule has 0 N–H and O–H groups in total. The number of carbonyl (C=O) groups excluding carboxylic acids is 1. The highest BCUT2D eigenvalue weighted by atomic mass is 16.6. The molecule has 1 aliphatic rings. The smallest absolute Gasteiger partial charge is 0.270 e. The lowest BCUT2D eigenvalue weighted by Crippen LogP contribution is -2.48. The van der Waals surface area contributed by atoms with Crippen molar-refractivity contribution in [2.75, 3.05) is 39.8 Å². The molecule has 1 amide bonds. The van der Waals surface area contributed by atoms with Gasteiger partial charge in [0.1, 0.15) is 5.75 Å². The molecule has 1 fully saturated rings. The number of carbonyl (C=O) groups is 1. The van der Waals surface area contributed by atoms with Gasteiger partial charge in [0, 0.05) is 38.3 Å². The Bertz CT molecular complexity index is 539. The first kappa shape index (κ1) is 15.2. The fraction of sp³-hybridized carbons (Fsp3) is 0.500. The number of hydrogen-bond acceptors (Lipinski definition) is 5. The molecule has 1 saturated heterocycles. The summed E-state index contributed by atoms with van der Waals surface area (Å²) in [5, 5.41) is 10.9. The summed E-state index contributed by atoms with van der Waals surface area (Å²) in [4.78, 5) is 26.9. The molecule has 0 atom stereocenters. The predicted molar refractivity (Wildman–Crippen MR) is 77.7 cm³/mol. The van der Waals surface area contributed by atoms with E-state index >= 15 is 0 Å². The molecule has 0 unspecified atom stereocenters. The molecule has 0 spiro atoms. The number of methoxy groups -OCH3 is 1. The number of nitrogens with zero attached hydrogens (tertiary/aromatic N) is 3. The zero-order valence-corrected chi connectivity index (χ0v) is 12.2. The molecule has 2 rings (SSSR count). The van der Waals surface area contributed by atoms with E-state index in [1.165, 1.54) is 25.3 Å². The van der Waals surface area contributed by atoms with Crippen LogP contribution in [0.15, 0.2) is 18.2 Å². The Hall–Kier alpha value is -2.15. The van der Waals surface area contributed by atoms with Crippen molar-refractivity contribution in [1.82, 2.24) is 9.80 Å². The van der Waals surface area contributed by atoms with Gasteiger partial charge in [-0.1, -0.05) is 6.92 Å². The quantitative estimate of drug-likeness (QED) is 0.619. The van der Waals surface area contributed by atoms with Gasteiger partial charge in [-0.15, -0.1) is 0 Å². The Morgan fingerprint density at radius 1 is 1.33 bits per heavy atom. The monoisotopic (exact) mass is 293 g/mol. The zero-order chi connectivity index (χ0) is 15.4. The van der Waals surface area contributed by atoms with Crippen LogP contribution in [0.1, 0.15) is 17.3 Å². The first-order valence-electron chi connectivity index (χ1n) is 6.91. The molecule has 0 aliphatic carbocycles. The molecule has 0 saturated carbocycles. The molecule has 1 aliphatic heterocycles. The number of non-ortho nitro benzene ring substituents is 1. The number of likely N-dealkylation sites (N-methyl/N-ethyl adjacent to an activating group) is 1. The van der Waals surface area contributed by atoms with Gasteiger partial charge in [0.15, 0.2) is 0 Å². The van der Waals surface area contributed by atoms with Gasteiger partial charge in [-0.25, -0.2) is 0 Å². The number of amides is 1. The first-order valence-corrected chi connectivity index (χ1v) is 6.91. The summed E-state index contributed by atoms with van der Waals surface area (Å²) in [6.07, 6.45) is 0. The average molecular weight is 293 g/mol.